The van der Waals surface area contributed by atoms with E-state index in [-0.39, 0.29) is 11.8 Å². The van der Waals surface area contributed by atoms with Crippen LogP contribution in [-0.4, -0.2) is 25.9 Å². The standard InChI is InChI=1S/C14H12N2O2/c1-16(2)10-4-3-8-6-11-12(7-9(8)5-10)14(18)15-13(11)17/h3-7H,1-2H3,(H,15,17,18). The predicted molar refractivity (Wildman–Crippen MR) is 70.1 cm³/mol. The minimum absolute atomic E-state index is 0.311. The molecule has 2 aromatic rings. The van der Waals surface area contributed by atoms with Crippen LogP contribution in [-0.2, 0) is 0 Å². The van der Waals surface area contributed by atoms with Crippen molar-refractivity contribution in [3.8, 4) is 0 Å². The number of carbonyl (C=O) groups excluding carboxylic acids is 2. The van der Waals surface area contributed by atoms with Crippen molar-refractivity contribution in [1.82, 2.24) is 5.32 Å². The normalized spacial score (nSPS) is 13.7. The van der Waals surface area contributed by atoms with Gasteiger partial charge in [0, 0.05) is 19.8 Å². The number of nitrogens with one attached hydrogen (secondary N) is 1. The average Bonchev–Trinajstić information content (AvgIpc) is 2.61. The number of fused-ring (bicyclic) bond motifs is 2. The Bertz CT molecular complexity index is 689. The van der Waals surface area contributed by atoms with Gasteiger partial charge in [0.2, 0.25) is 0 Å². The summed E-state index contributed by atoms with van der Waals surface area (Å²) in [6.07, 6.45) is 0. The third-order valence-electron chi connectivity index (χ3n) is 3.19. The molecule has 2 amide bonds. The van der Waals surface area contributed by atoms with E-state index in [9.17, 15) is 9.59 Å². The van der Waals surface area contributed by atoms with Crippen LogP contribution in [0, 0.1) is 0 Å². The van der Waals surface area contributed by atoms with Crippen molar-refractivity contribution in [2.45, 2.75) is 0 Å². The number of carbonyl (C=O) groups is 2. The average molecular weight is 240 g/mol. The Labute approximate surface area is 104 Å². The van der Waals surface area contributed by atoms with Gasteiger partial charge in [-0.15, -0.1) is 0 Å². The Kier molecular flexibility index (Phi) is 2.13. The highest BCUT2D eigenvalue weighted by Crippen LogP contribution is 2.26. The largest absolute Gasteiger partial charge is 0.378 e. The molecule has 90 valence electrons. The Morgan fingerprint density at radius 1 is 0.889 bits per heavy atom. The van der Waals surface area contributed by atoms with E-state index in [1.165, 1.54) is 0 Å². The van der Waals surface area contributed by atoms with Crippen LogP contribution in [0.1, 0.15) is 20.7 Å². The Hall–Kier alpha value is -2.36. The number of imide groups is 1. The zero-order valence-electron chi connectivity index (χ0n) is 10.2. The molecule has 0 fully saturated rings. The second-order valence-electron chi connectivity index (χ2n) is 4.61. The van der Waals surface area contributed by atoms with Crippen LogP contribution < -0.4 is 10.2 Å². The minimum Gasteiger partial charge on any atom is -0.378 e. The van der Waals surface area contributed by atoms with Gasteiger partial charge in [-0.2, -0.15) is 0 Å². The van der Waals surface area contributed by atoms with Crippen molar-refractivity contribution >= 4 is 28.3 Å². The molecule has 0 spiro atoms. The summed E-state index contributed by atoms with van der Waals surface area (Å²) in [5.74, 6) is -0.624. The maximum atomic E-state index is 11.6. The van der Waals surface area contributed by atoms with Crippen molar-refractivity contribution in [3.63, 3.8) is 0 Å². The van der Waals surface area contributed by atoms with Crippen molar-refractivity contribution in [2.24, 2.45) is 0 Å². The number of anilines is 1. The first-order valence-corrected chi connectivity index (χ1v) is 5.67. The molecule has 1 N–H and O–H groups in total. The molecule has 0 saturated carbocycles. The number of hydrogen-bond acceptors (Lipinski definition) is 3. The maximum absolute atomic E-state index is 11.6. The number of nitrogens with zero attached hydrogens (tertiary/aromatic N) is 1. The van der Waals surface area contributed by atoms with E-state index in [2.05, 4.69) is 5.32 Å². The molecule has 0 atom stereocenters. The highest BCUT2D eigenvalue weighted by atomic mass is 16.2. The van der Waals surface area contributed by atoms with Crippen LogP contribution in [0.3, 0.4) is 0 Å². The highest BCUT2D eigenvalue weighted by Gasteiger charge is 2.26. The van der Waals surface area contributed by atoms with Gasteiger partial charge < -0.3 is 4.90 Å². The molecule has 0 saturated heterocycles. The Balaban J connectivity index is 2.27. The molecule has 18 heavy (non-hydrogen) atoms. The monoisotopic (exact) mass is 240 g/mol. The summed E-state index contributed by atoms with van der Waals surface area (Å²) in [7, 11) is 3.93. The zero-order valence-corrected chi connectivity index (χ0v) is 10.2. The van der Waals surface area contributed by atoms with Crippen LogP contribution in [0.2, 0.25) is 0 Å². The van der Waals surface area contributed by atoms with E-state index in [1.807, 2.05) is 37.2 Å². The first kappa shape index (κ1) is 10.8. The van der Waals surface area contributed by atoms with Gasteiger partial charge in [0.15, 0.2) is 0 Å². The first-order valence-electron chi connectivity index (χ1n) is 5.67. The van der Waals surface area contributed by atoms with E-state index >= 15 is 0 Å². The highest BCUT2D eigenvalue weighted by molar-refractivity contribution is 6.23. The summed E-state index contributed by atoms with van der Waals surface area (Å²) >= 11 is 0. The van der Waals surface area contributed by atoms with Gasteiger partial charge >= 0.3 is 0 Å². The zero-order chi connectivity index (χ0) is 12.9. The molecule has 3 rings (SSSR count). The topological polar surface area (TPSA) is 49.4 Å². The second kappa shape index (κ2) is 3.57. The summed E-state index contributed by atoms with van der Waals surface area (Å²) in [4.78, 5) is 25.1. The van der Waals surface area contributed by atoms with Crippen molar-refractivity contribution in [3.05, 3.63) is 41.5 Å². The van der Waals surface area contributed by atoms with Gasteiger partial charge in [-0.05, 0) is 35.0 Å². The van der Waals surface area contributed by atoms with Gasteiger partial charge in [0.05, 0.1) is 11.1 Å². The molecule has 1 aliphatic heterocycles. The number of rotatable bonds is 1. The molecule has 0 bridgehead atoms. The van der Waals surface area contributed by atoms with Crippen molar-refractivity contribution in [1.29, 1.82) is 0 Å². The van der Waals surface area contributed by atoms with Gasteiger partial charge in [0.25, 0.3) is 11.8 Å². The van der Waals surface area contributed by atoms with E-state index in [0.29, 0.717) is 11.1 Å². The maximum Gasteiger partial charge on any atom is 0.258 e. The molecule has 0 aliphatic carbocycles. The third-order valence-corrected chi connectivity index (χ3v) is 3.19. The van der Waals surface area contributed by atoms with Gasteiger partial charge in [-0.25, -0.2) is 0 Å². The fourth-order valence-electron chi connectivity index (χ4n) is 2.18. The summed E-state index contributed by atoms with van der Waals surface area (Å²) in [6, 6.07) is 9.50. The Morgan fingerprint density at radius 2 is 1.50 bits per heavy atom. The van der Waals surface area contributed by atoms with Crippen molar-refractivity contribution in [2.75, 3.05) is 19.0 Å². The molecule has 0 radical (unpaired) electrons. The molecular weight excluding hydrogens is 228 g/mol. The number of hydrogen-bond donors (Lipinski definition) is 1. The molecule has 4 heteroatoms. The van der Waals surface area contributed by atoms with Crippen LogP contribution >= 0.6 is 0 Å². The lowest BCUT2D eigenvalue weighted by molar-refractivity contribution is 0.0879. The lowest BCUT2D eigenvalue weighted by atomic mass is 10.0. The second-order valence-corrected chi connectivity index (χ2v) is 4.61. The quantitative estimate of drug-likeness (QED) is 0.773. The Morgan fingerprint density at radius 3 is 2.11 bits per heavy atom. The molecule has 1 heterocycles. The van der Waals surface area contributed by atoms with Crippen LogP contribution in [0.4, 0.5) is 5.69 Å². The summed E-state index contributed by atoms with van der Waals surface area (Å²) < 4.78 is 0. The molecule has 0 unspecified atom stereocenters. The van der Waals surface area contributed by atoms with E-state index in [4.69, 9.17) is 0 Å². The van der Waals surface area contributed by atoms with Crippen LogP contribution in [0.15, 0.2) is 30.3 Å². The molecule has 4 nitrogen and oxygen atoms in total. The first-order chi connectivity index (χ1) is 8.56. The van der Waals surface area contributed by atoms with Crippen LogP contribution in [0.5, 0.6) is 0 Å². The van der Waals surface area contributed by atoms with Gasteiger partial charge in [-0.3, -0.25) is 14.9 Å². The molecule has 0 aromatic heterocycles. The third kappa shape index (κ3) is 1.46. The fraction of sp³-hybridized carbons (Fsp3) is 0.143. The summed E-state index contributed by atoms with van der Waals surface area (Å²) in [5, 5.41) is 4.23. The van der Waals surface area contributed by atoms with Crippen molar-refractivity contribution < 1.29 is 9.59 Å². The molecular formula is C14H12N2O2. The van der Waals surface area contributed by atoms with E-state index in [0.717, 1.165) is 16.5 Å². The van der Waals surface area contributed by atoms with E-state index in [1.54, 1.807) is 12.1 Å². The number of benzene rings is 2. The lowest BCUT2D eigenvalue weighted by Crippen LogP contribution is -2.19. The summed E-state index contributed by atoms with van der Waals surface area (Å²) in [6.45, 7) is 0. The SMILES string of the molecule is CN(C)c1ccc2cc3c(cc2c1)C(=O)NC3=O. The van der Waals surface area contributed by atoms with Gasteiger partial charge in [0.1, 0.15) is 0 Å². The van der Waals surface area contributed by atoms with E-state index < -0.39 is 0 Å². The minimum atomic E-state index is -0.313. The fourth-order valence-corrected chi connectivity index (χ4v) is 2.18. The van der Waals surface area contributed by atoms with Crippen LogP contribution in [0.25, 0.3) is 10.8 Å². The predicted octanol–water partition coefficient (Wildman–Crippen LogP) is 1.79. The smallest absolute Gasteiger partial charge is 0.258 e. The lowest BCUT2D eigenvalue weighted by Gasteiger charge is -2.13. The summed E-state index contributed by atoms with van der Waals surface area (Å²) in [5.41, 5.74) is 1.99. The molecule has 1 aliphatic rings. The van der Waals surface area contributed by atoms with Gasteiger partial charge in [-0.1, -0.05) is 6.07 Å². The molecule has 2 aromatic carbocycles. The number of amides is 2.